The molecule has 1 aromatic rings. The molecule has 0 saturated carbocycles. The van der Waals surface area contributed by atoms with Gasteiger partial charge >= 0.3 is 5.97 Å². The van der Waals surface area contributed by atoms with Crippen LogP contribution in [0.5, 0.6) is 0 Å². The molecule has 17 heavy (non-hydrogen) atoms. The van der Waals surface area contributed by atoms with E-state index in [2.05, 4.69) is 10.1 Å². The van der Waals surface area contributed by atoms with Gasteiger partial charge in [0, 0.05) is 18.2 Å². The van der Waals surface area contributed by atoms with Crippen LogP contribution >= 0.6 is 0 Å². The van der Waals surface area contributed by atoms with E-state index < -0.39 is 0 Å². The molecular weight excluding hydrogens is 221 g/mol. The molecule has 0 heterocycles. The summed E-state index contributed by atoms with van der Waals surface area (Å²) in [6.45, 7) is 4.06. The number of hydrogen-bond donors (Lipinski definition) is 1. The SMILES string of the molecule is COC(=O)C(C)C(C)NCc1ccccc1F. The van der Waals surface area contributed by atoms with Crippen LogP contribution in [0.15, 0.2) is 24.3 Å². The van der Waals surface area contributed by atoms with Gasteiger partial charge < -0.3 is 10.1 Å². The monoisotopic (exact) mass is 239 g/mol. The summed E-state index contributed by atoms with van der Waals surface area (Å²) < 4.78 is 18.0. The molecule has 0 fully saturated rings. The molecule has 4 heteroatoms. The molecule has 0 amide bonds. The van der Waals surface area contributed by atoms with Gasteiger partial charge in [0.15, 0.2) is 0 Å². The van der Waals surface area contributed by atoms with E-state index in [9.17, 15) is 9.18 Å². The van der Waals surface area contributed by atoms with Crippen molar-refractivity contribution in [2.45, 2.75) is 26.4 Å². The summed E-state index contributed by atoms with van der Waals surface area (Å²) >= 11 is 0. The van der Waals surface area contributed by atoms with Crippen molar-refractivity contribution >= 4 is 5.97 Å². The van der Waals surface area contributed by atoms with Gasteiger partial charge in [0.05, 0.1) is 13.0 Å². The number of carbonyl (C=O) groups excluding carboxylic acids is 1. The first kappa shape index (κ1) is 13.6. The Balaban J connectivity index is 2.51. The fourth-order valence-electron chi connectivity index (χ4n) is 1.48. The summed E-state index contributed by atoms with van der Waals surface area (Å²) in [4.78, 5) is 11.3. The largest absolute Gasteiger partial charge is 0.469 e. The number of benzene rings is 1. The predicted octanol–water partition coefficient (Wildman–Crippen LogP) is 2.11. The van der Waals surface area contributed by atoms with Crippen molar-refractivity contribution in [2.75, 3.05) is 7.11 Å². The maximum absolute atomic E-state index is 13.3. The normalized spacial score (nSPS) is 14.1. The molecular formula is C13H18FNO2. The van der Waals surface area contributed by atoms with Crippen molar-refractivity contribution in [2.24, 2.45) is 5.92 Å². The topological polar surface area (TPSA) is 38.3 Å². The number of rotatable bonds is 5. The van der Waals surface area contributed by atoms with Crippen molar-refractivity contribution in [3.63, 3.8) is 0 Å². The third-order valence-corrected chi connectivity index (χ3v) is 2.90. The van der Waals surface area contributed by atoms with Gasteiger partial charge in [-0.3, -0.25) is 4.79 Å². The minimum atomic E-state index is -0.265. The van der Waals surface area contributed by atoms with E-state index in [0.717, 1.165) is 0 Å². The Morgan fingerprint density at radius 2 is 2.06 bits per heavy atom. The third kappa shape index (κ3) is 3.82. The average Bonchev–Trinajstić information content (AvgIpc) is 2.35. The zero-order valence-corrected chi connectivity index (χ0v) is 10.4. The second-order valence-corrected chi connectivity index (χ2v) is 4.07. The molecule has 0 aliphatic rings. The van der Waals surface area contributed by atoms with Gasteiger partial charge in [-0.25, -0.2) is 4.39 Å². The Morgan fingerprint density at radius 1 is 1.41 bits per heavy atom. The molecule has 1 N–H and O–H groups in total. The van der Waals surface area contributed by atoms with Crippen LogP contribution in [0.2, 0.25) is 0 Å². The van der Waals surface area contributed by atoms with Crippen molar-refractivity contribution in [3.8, 4) is 0 Å². The van der Waals surface area contributed by atoms with Crippen LogP contribution < -0.4 is 5.32 Å². The van der Waals surface area contributed by atoms with Crippen LogP contribution in [0.4, 0.5) is 4.39 Å². The summed E-state index contributed by atoms with van der Waals surface area (Å²) in [7, 11) is 1.36. The molecule has 2 unspecified atom stereocenters. The van der Waals surface area contributed by atoms with E-state index >= 15 is 0 Å². The molecule has 0 saturated heterocycles. The molecule has 0 aliphatic heterocycles. The van der Waals surface area contributed by atoms with Crippen molar-refractivity contribution in [1.29, 1.82) is 0 Å². The number of halogens is 1. The zero-order chi connectivity index (χ0) is 12.8. The lowest BCUT2D eigenvalue weighted by molar-refractivity contribution is -0.145. The van der Waals surface area contributed by atoms with Gasteiger partial charge in [-0.05, 0) is 13.0 Å². The first-order valence-electron chi connectivity index (χ1n) is 5.61. The van der Waals surface area contributed by atoms with Crippen LogP contribution in [0, 0.1) is 11.7 Å². The number of nitrogens with one attached hydrogen (secondary N) is 1. The lowest BCUT2D eigenvalue weighted by Crippen LogP contribution is -2.36. The number of ether oxygens (including phenoxy) is 1. The van der Waals surface area contributed by atoms with Gasteiger partial charge in [-0.1, -0.05) is 25.1 Å². The molecule has 0 aliphatic carbocycles. The number of methoxy groups -OCH3 is 1. The fraction of sp³-hybridized carbons (Fsp3) is 0.462. The first-order valence-corrected chi connectivity index (χ1v) is 5.61. The van der Waals surface area contributed by atoms with Gasteiger partial charge in [-0.2, -0.15) is 0 Å². The molecule has 0 bridgehead atoms. The van der Waals surface area contributed by atoms with Crippen LogP contribution in [0.25, 0.3) is 0 Å². The van der Waals surface area contributed by atoms with E-state index in [4.69, 9.17) is 0 Å². The first-order chi connectivity index (χ1) is 8.06. The molecule has 2 atom stereocenters. The van der Waals surface area contributed by atoms with Crippen molar-refractivity contribution < 1.29 is 13.9 Å². The van der Waals surface area contributed by atoms with Gasteiger partial charge in [0.2, 0.25) is 0 Å². The Bertz CT molecular complexity index is 381. The lowest BCUT2D eigenvalue weighted by atomic mass is 10.0. The molecule has 0 radical (unpaired) electrons. The van der Waals surface area contributed by atoms with Gasteiger partial charge in [0.25, 0.3) is 0 Å². The molecule has 0 aromatic heterocycles. The third-order valence-electron chi connectivity index (χ3n) is 2.90. The van der Waals surface area contributed by atoms with Crippen LogP contribution in [-0.2, 0) is 16.1 Å². The minimum absolute atomic E-state index is 0.0675. The van der Waals surface area contributed by atoms with Crippen LogP contribution in [-0.4, -0.2) is 19.1 Å². The Kier molecular flexibility index (Phi) is 5.10. The van der Waals surface area contributed by atoms with Gasteiger partial charge in [0.1, 0.15) is 5.82 Å². The van der Waals surface area contributed by atoms with Gasteiger partial charge in [-0.15, -0.1) is 0 Å². The molecule has 0 spiro atoms. The summed E-state index contributed by atoms with van der Waals surface area (Å²) in [6, 6.07) is 6.51. The summed E-state index contributed by atoms with van der Waals surface area (Å²) in [5, 5.41) is 3.11. The zero-order valence-electron chi connectivity index (χ0n) is 10.4. The molecule has 1 rings (SSSR count). The number of hydrogen-bond acceptors (Lipinski definition) is 3. The Hall–Kier alpha value is -1.42. The Morgan fingerprint density at radius 3 is 2.65 bits per heavy atom. The lowest BCUT2D eigenvalue weighted by Gasteiger charge is -2.19. The van der Waals surface area contributed by atoms with E-state index in [1.54, 1.807) is 25.1 Å². The number of carbonyl (C=O) groups is 1. The summed E-state index contributed by atoms with van der Waals surface area (Å²) in [5.41, 5.74) is 0.594. The van der Waals surface area contributed by atoms with E-state index in [0.29, 0.717) is 12.1 Å². The standard InChI is InChI=1S/C13H18FNO2/c1-9(13(16)17-3)10(2)15-8-11-6-4-5-7-12(11)14/h4-7,9-10,15H,8H2,1-3H3. The summed E-state index contributed by atoms with van der Waals surface area (Å²) in [6.07, 6.45) is 0. The molecule has 94 valence electrons. The average molecular weight is 239 g/mol. The van der Waals surface area contributed by atoms with Crippen molar-refractivity contribution in [3.05, 3.63) is 35.6 Å². The second-order valence-electron chi connectivity index (χ2n) is 4.07. The highest BCUT2D eigenvalue weighted by molar-refractivity contribution is 5.72. The van der Waals surface area contributed by atoms with Crippen molar-refractivity contribution in [1.82, 2.24) is 5.32 Å². The fourth-order valence-corrected chi connectivity index (χ4v) is 1.48. The van der Waals surface area contributed by atoms with E-state index in [-0.39, 0.29) is 23.7 Å². The molecule has 3 nitrogen and oxygen atoms in total. The Labute approximate surface area is 101 Å². The summed E-state index contributed by atoms with van der Waals surface area (Å²) in [5.74, 6) is -0.761. The highest BCUT2D eigenvalue weighted by Crippen LogP contribution is 2.09. The van der Waals surface area contributed by atoms with E-state index in [1.807, 2.05) is 6.92 Å². The smallest absolute Gasteiger partial charge is 0.309 e. The number of esters is 1. The molecule has 1 aromatic carbocycles. The highest BCUT2D eigenvalue weighted by Gasteiger charge is 2.20. The van der Waals surface area contributed by atoms with E-state index in [1.165, 1.54) is 13.2 Å². The maximum atomic E-state index is 13.3. The van der Waals surface area contributed by atoms with Crippen LogP contribution in [0.3, 0.4) is 0 Å². The van der Waals surface area contributed by atoms with Crippen LogP contribution in [0.1, 0.15) is 19.4 Å². The second kappa shape index (κ2) is 6.35. The maximum Gasteiger partial charge on any atom is 0.309 e. The predicted molar refractivity (Wildman–Crippen MR) is 63.9 cm³/mol. The minimum Gasteiger partial charge on any atom is -0.469 e. The highest BCUT2D eigenvalue weighted by atomic mass is 19.1. The quantitative estimate of drug-likeness (QED) is 0.800.